The number of para-hydroxylation sites is 2. The number of halogens is 3. The lowest BCUT2D eigenvalue weighted by atomic mass is 10.0. The molecule has 11 heteroatoms. The summed E-state index contributed by atoms with van der Waals surface area (Å²) in [5.41, 5.74) is 7.38. The molecule has 2 amide bonds. The van der Waals surface area contributed by atoms with Gasteiger partial charge in [0.25, 0.3) is 0 Å². The molecule has 0 bridgehead atoms. The van der Waals surface area contributed by atoms with Crippen LogP contribution in [0.3, 0.4) is 0 Å². The SMILES string of the molecule is Nc1ccccc1NC(=O)/C=C/c1ccc(C(NCCN2CCCCC2)C(=O)Nc2ccc(C(F)(F)F)nc2)cc1. The van der Waals surface area contributed by atoms with E-state index in [9.17, 15) is 22.8 Å². The van der Waals surface area contributed by atoms with Crippen LogP contribution >= 0.6 is 0 Å². The lowest BCUT2D eigenvalue weighted by molar-refractivity contribution is -0.141. The number of carbonyl (C=O) groups excluding carboxylic acids is 2. The van der Waals surface area contributed by atoms with Crippen molar-refractivity contribution in [2.75, 3.05) is 42.5 Å². The number of anilines is 3. The van der Waals surface area contributed by atoms with Crippen LogP contribution in [0.2, 0.25) is 0 Å². The average molecular weight is 567 g/mol. The number of nitrogens with zero attached hydrogens (tertiary/aromatic N) is 2. The van der Waals surface area contributed by atoms with Gasteiger partial charge in [-0.2, -0.15) is 13.2 Å². The Balaban J connectivity index is 1.43. The zero-order valence-electron chi connectivity index (χ0n) is 22.5. The molecule has 216 valence electrons. The third-order valence-corrected chi connectivity index (χ3v) is 6.72. The minimum atomic E-state index is -4.56. The third-order valence-electron chi connectivity index (χ3n) is 6.72. The van der Waals surface area contributed by atoms with Crippen LogP contribution in [0, 0.1) is 0 Å². The number of rotatable bonds is 10. The van der Waals surface area contributed by atoms with E-state index in [1.54, 1.807) is 54.6 Å². The number of nitrogens with two attached hydrogens (primary N) is 1. The average Bonchev–Trinajstić information content (AvgIpc) is 2.96. The first-order valence-electron chi connectivity index (χ1n) is 13.4. The van der Waals surface area contributed by atoms with Gasteiger partial charge in [-0.15, -0.1) is 0 Å². The molecule has 1 aliphatic heterocycles. The lowest BCUT2D eigenvalue weighted by Gasteiger charge is -2.27. The third kappa shape index (κ3) is 8.89. The Morgan fingerprint density at radius 2 is 1.71 bits per heavy atom. The Kier molecular flexibility index (Phi) is 10.1. The number of likely N-dealkylation sites (tertiary alicyclic amines) is 1. The zero-order chi connectivity index (χ0) is 29.2. The van der Waals surface area contributed by atoms with E-state index in [0.717, 1.165) is 50.3 Å². The molecule has 0 spiro atoms. The molecule has 0 radical (unpaired) electrons. The number of nitrogens with one attached hydrogen (secondary N) is 3. The molecule has 1 aliphatic rings. The van der Waals surface area contributed by atoms with Gasteiger partial charge in [0.2, 0.25) is 11.8 Å². The molecule has 3 aromatic rings. The normalized spacial score (nSPS) is 15.0. The summed E-state index contributed by atoms with van der Waals surface area (Å²) < 4.78 is 38.6. The number of carbonyl (C=O) groups is 2. The lowest BCUT2D eigenvalue weighted by Crippen LogP contribution is -2.40. The highest BCUT2D eigenvalue weighted by atomic mass is 19.4. The summed E-state index contributed by atoms with van der Waals surface area (Å²) in [6, 6.07) is 15.3. The zero-order valence-corrected chi connectivity index (χ0v) is 22.5. The Bertz CT molecular complexity index is 1340. The number of pyridine rings is 1. The quantitative estimate of drug-likeness (QED) is 0.201. The van der Waals surface area contributed by atoms with E-state index in [0.29, 0.717) is 23.5 Å². The van der Waals surface area contributed by atoms with Crippen molar-refractivity contribution in [1.82, 2.24) is 15.2 Å². The highest BCUT2D eigenvalue weighted by Crippen LogP contribution is 2.28. The first-order valence-corrected chi connectivity index (χ1v) is 13.4. The van der Waals surface area contributed by atoms with Crippen molar-refractivity contribution >= 4 is 35.0 Å². The summed E-state index contributed by atoms with van der Waals surface area (Å²) >= 11 is 0. The smallest absolute Gasteiger partial charge is 0.397 e. The fourth-order valence-electron chi connectivity index (χ4n) is 4.52. The van der Waals surface area contributed by atoms with Crippen LogP contribution in [0.5, 0.6) is 0 Å². The van der Waals surface area contributed by atoms with E-state index in [1.165, 1.54) is 18.6 Å². The minimum absolute atomic E-state index is 0.162. The summed E-state index contributed by atoms with van der Waals surface area (Å²) in [5, 5.41) is 8.69. The maximum atomic E-state index is 13.3. The van der Waals surface area contributed by atoms with Gasteiger partial charge in [-0.3, -0.25) is 9.59 Å². The van der Waals surface area contributed by atoms with Crippen LogP contribution in [0.25, 0.3) is 6.08 Å². The summed E-state index contributed by atoms with van der Waals surface area (Å²) in [6.07, 6.45) is 2.98. The molecule has 1 aromatic heterocycles. The van der Waals surface area contributed by atoms with E-state index < -0.39 is 23.8 Å². The molecule has 8 nitrogen and oxygen atoms in total. The molecular formula is C30H33F3N6O2. The first-order chi connectivity index (χ1) is 19.7. The Morgan fingerprint density at radius 1 is 0.976 bits per heavy atom. The molecule has 1 unspecified atom stereocenters. The van der Waals surface area contributed by atoms with Crippen LogP contribution in [-0.2, 0) is 15.8 Å². The molecule has 4 rings (SSSR count). The Labute approximate surface area is 236 Å². The number of hydrogen-bond acceptors (Lipinski definition) is 6. The highest BCUT2D eigenvalue weighted by Gasteiger charge is 2.32. The monoisotopic (exact) mass is 566 g/mol. The van der Waals surface area contributed by atoms with Crippen molar-refractivity contribution in [1.29, 1.82) is 0 Å². The van der Waals surface area contributed by atoms with E-state index in [-0.39, 0.29) is 11.6 Å². The second-order valence-corrected chi connectivity index (χ2v) is 9.79. The van der Waals surface area contributed by atoms with Gasteiger partial charge in [0.05, 0.1) is 23.3 Å². The molecule has 0 saturated carbocycles. The standard InChI is InChI=1S/C30H33F3N6O2/c31-30(32,33)26-14-13-23(20-36-26)37-29(41)28(35-16-19-39-17-4-1-5-18-39)22-11-8-21(9-12-22)10-15-27(40)38-25-7-3-2-6-24(25)34/h2-3,6-15,20,28,35H,1,4-5,16-19,34H2,(H,37,41)(H,38,40)/b15-10+. The Morgan fingerprint density at radius 3 is 2.37 bits per heavy atom. The molecule has 2 aromatic carbocycles. The second-order valence-electron chi connectivity index (χ2n) is 9.79. The van der Waals surface area contributed by atoms with E-state index in [2.05, 4.69) is 25.8 Å². The van der Waals surface area contributed by atoms with Gasteiger partial charge >= 0.3 is 6.18 Å². The topological polar surface area (TPSA) is 112 Å². The Hall–Kier alpha value is -4.22. The molecule has 5 N–H and O–H groups in total. The molecule has 1 fully saturated rings. The van der Waals surface area contributed by atoms with Crippen molar-refractivity contribution in [2.24, 2.45) is 0 Å². The van der Waals surface area contributed by atoms with Gasteiger partial charge in [0.15, 0.2) is 0 Å². The largest absolute Gasteiger partial charge is 0.433 e. The van der Waals surface area contributed by atoms with Crippen molar-refractivity contribution in [3.63, 3.8) is 0 Å². The molecule has 41 heavy (non-hydrogen) atoms. The maximum Gasteiger partial charge on any atom is 0.433 e. The number of nitrogen functional groups attached to an aromatic ring is 1. The fraction of sp³-hybridized carbons (Fsp3) is 0.300. The van der Waals surface area contributed by atoms with Gasteiger partial charge in [-0.1, -0.05) is 42.8 Å². The van der Waals surface area contributed by atoms with Crippen molar-refractivity contribution < 1.29 is 22.8 Å². The van der Waals surface area contributed by atoms with Crippen LogP contribution in [0.15, 0.2) is 72.9 Å². The van der Waals surface area contributed by atoms with Gasteiger partial charge in [-0.05, 0) is 67.4 Å². The van der Waals surface area contributed by atoms with Crippen molar-refractivity contribution in [2.45, 2.75) is 31.5 Å². The minimum Gasteiger partial charge on any atom is -0.397 e. The molecule has 1 atom stereocenters. The summed E-state index contributed by atoms with van der Waals surface area (Å²) in [6.45, 7) is 3.35. The molecule has 0 aliphatic carbocycles. The predicted octanol–water partition coefficient (Wildman–Crippen LogP) is 5.09. The van der Waals surface area contributed by atoms with Crippen LogP contribution < -0.4 is 21.7 Å². The number of hydrogen-bond donors (Lipinski definition) is 4. The predicted molar refractivity (Wildman–Crippen MR) is 154 cm³/mol. The summed E-state index contributed by atoms with van der Waals surface area (Å²) in [7, 11) is 0. The van der Waals surface area contributed by atoms with Crippen LogP contribution in [0.1, 0.15) is 42.1 Å². The van der Waals surface area contributed by atoms with Gasteiger partial charge in [0, 0.05) is 19.2 Å². The van der Waals surface area contributed by atoms with E-state index in [1.807, 2.05) is 0 Å². The number of piperidine rings is 1. The van der Waals surface area contributed by atoms with Crippen molar-refractivity contribution in [3.8, 4) is 0 Å². The number of aromatic nitrogens is 1. The summed E-state index contributed by atoms with van der Waals surface area (Å²) in [4.78, 5) is 31.3. The van der Waals surface area contributed by atoms with Crippen LogP contribution in [0.4, 0.5) is 30.2 Å². The number of alkyl halides is 3. The van der Waals surface area contributed by atoms with E-state index >= 15 is 0 Å². The summed E-state index contributed by atoms with van der Waals surface area (Å²) in [5.74, 6) is -0.762. The maximum absolute atomic E-state index is 13.3. The van der Waals surface area contributed by atoms with Crippen molar-refractivity contribution in [3.05, 3.63) is 89.8 Å². The first kappa shape index (κ1) is 29.8. The molecular weight excluding hydrogens is 533 g/mol. The second kappa shape index (κ2) is 13.9. The number of amides is 2. The van der Waals surface area contributed by atoms with Crippen LogP contribution in [-0.4, -0.2) is 47.9 Å². The molecule has 2 heterocycles. The highest BCUT2D eigenvalue weighted by molar-refractivity contribution is 6.03. The molecule has 1 saturated heterocycles. The van der Waals surface area contributed by atoms with Gasteiger partial charge in [0.1, 0.15) is 11.7 Å². The van der Waals surface area contributed by atoms with Gasteiger partial charge < -0.3 is 26.6 Å². The van der Waals surface area contributed by atoms with E-state index in [4.69, 9.17) is 5.73 Å². The number of benzene rings is 2. The fourth-order valence-corrected chi connectivity index (χ4v) is 4.52. The van der Waals surface area contributed by atoms with Gasteiger partial charge in [-0.25, -0.2) is 4.98 Å².